The Kier molecular flexibility index (Phi) is 5.33. The van der Waals surface area contributed by atoms with Crippen LogP contribution in [-0.2, 0) is 19.4 Å². The zero-order chi connectivity index (χ0) is 23.0. The summed E-state index contributed by atoms with van der Waals surface area (Å²) in [5, 5.41) is 0. The van der Waals surface area contributed by atoms with Crippen LogP contribution in [0.4, 0.5) is 0 Å². The average molecular weight is 464 g/mol. The smallest absolute Gasteiger partial charge is 0.306 e. The first-order valence-electron chi connectivity index (χ1n) is 10.6. The first-order valence-corrected chi connectivity index (χ1v) is 12.2. The fraction of sp³-hybridized carbons (Fsp3) is 0.208. The SMILES string of the molecule is CCS(=O)(=O)c1ccc(Oc2cc3nc(-c4ccccn4)[nH]c3cc2[C@H]2CCC(=O)O2)cc1. The molecule has 1 atom stereocenters. The number of nitrogens with zero attached hydrogens (tertiary/aromatic N) is 2. The molecule has 5 rings (SSSR count). The number of imidazole rings is 1. The number of aromatic amines is 1. The molecule has 8 nitrogen and oxygen atoms in total. The standard InChI is InChI=1S/C24H21N3O5S/c1-2-33(29,30)16-8-6-15(7-9-16)31-22-14-20-19(13-17(22)21-10-11-23(28)32-21)26-24(27-20)18-5-3-4-12-25-18/h3-9,12-14,21H,2,10-11H2,1H3,(H,26,27)/t21-/m1/s1. The highest BCUT2D eigenvalue weighted by molar-refractivity contribution is 7.91. The fourth-order valence-electron chi connectivity index (χ4n) is 3.77. The highest BCUT2D eigenvalue weighted by Crippen LogP contribution is 2.39. The van der Waals surface area contributed by atoms with Gasteiger partial charge in [-0.25, -0.2) is 13.4 Å². The molecule has 1 saturated heterocycles. The van der Waals surface area contributed by atoms with Crippen LogP contribution >= 0.6 is 0 Å². The Labute approximate surface area is 190 Å². The molecule has 168 valence electrons. The molecule has 0 aliphatic carbocycles. The summed E-state index contributed by atoms with van der Waals surface area (Å²) in [7, 11) is -3.30. The number of esters is 1. The highest BCUT2D eigenvalue weighted by atomic mass is 32.2. The van der Waals surface area contributed by atoms with Gasteiger partial charge in [0.15, 0.2) is 15.7 Å². The van der Waals surface area contributed by atoms with Gasteiger partial charge in [0.05, 0.1) is 21.7 Å². The minimum absolute atomic E-state index is 0.0266. The Morgan fingerprint density at radius 2 is 1.97 bits per heavy atom. The third-order valence-electron chi connectivity index (χ3n) is 5.54. The third kappa shape index (κ3) is 4.19. The van der Waals surface area contributed by atoms with Crippen molar-refractivity contribution in [3.63, 3.8) is 0 Å². The minimum Gasteiger partial charge on any atom is -0.457 e. The normalized spacial score (nSPS) is 16.2. The molecule has 1 aliphatic rings. The summed E-state index contributed by atoms with van der Waals surface area (Å²) in [5.41, 5.74) is 2.86. The summed E-state index contributed by atoms with van der Waals surface area (Å²) in [4.78, 5) is 24.2. The van der Waals surface area contributed by atoms with Crippen LogP contribution < -0.4 is 4.74 Å². The average Bonchev–Trinajstić information content (AvgIpc) is 3.45. The Morgan fingerprint density at radius 3 is 2.64 bits per heavy atom. The summed E-state index contributed by atoms with van der Waals surface area (Å²) in [5.74, 6) is 1.35. The predicted octanol–water partition coefficient (Wildman–Crippen LogP) is 4.59. The van der Waals surface area contributed by atoms with Gasteiger partial charge in [-0.2, -0.15) is 0 Å². The van der Waals surface area contributed by atoms with E-state index in [9.17, 15) is 13.2 Å². The molecule has 1 aliphatic heterocycles. The molecule has 4 aromatic rings. The van der Waals surface area contributed by atoms with Gasteiger partial charge in [-0.15, -0.1) is 0 Å². The van der Waals surface area contributed by atoms with E-state index in [1.54, 1.807) is 31.3 Å². The molecule has 3 heterocycles. The molecule has 1 N–H and O–H groups in total. The van der Waals surface area contributed by atoms with Crippen LogP contribution in [-0.4, -0.2) is 35.1 Å². The zero-order valence-corrected chi connectivity index (χ0v) is 18.6. The molecule has 0 bridgehead atoms. The number of fused-ring (bicyclic) bond motifs is 1. The fourth-order valence-corrected chi connectivity index (χ4v) is 4.66. The first kappa shape index (κ1) is 21.1. The molecular weight excluding hydrogens is 442 g/mol. The second-order valence-corrected chi connectivity index (χ2v) is 9.98. The van der Waals surface area contributed by atoms with Gasteiger partial charge < -0.3 is 14.5 Å². The lowest BCUT2D eigenvalue weighted by Gasteiger charge is -2.16. The van der Waals surface area contributed by atoms with Crippen LogP contribution in [0.5, 0.6) is 11.5 Å². The van der Waals surface area contributed by atoms with E-state index >= 15 is 0 Å². The monoisotopic (exact) mass is 463 g/mol. The minimum atomic E-state index is -3.30. The third-order valence-corrected chi connectivity index (χ3v) is 7.29. The van der Waals surface area contributed by atoms with E-state index in [0.717, 1.165) is 11.1 Å². The maximum Gasteiger partial charge on any atom is 0.306 e. The van der Waals surface area contributed by atoms with Crippen LogP contribution in [0.2, 0.25) is 0 Å². The van der Waals surface area contributed by atoms with E-state index in [4.69, 9.17) is 9.47 Å². The van der Waals surface area contributed by atoms with Crippen molar-refractivity contribution in [1.82, 2.24) is 15.0 Å². The summed E-state index contributed by atoms with van der Waals surface area (Å²) >= 11 is 0. The van der Waals surface area contributed by atoms with Gasteiger partial charge in [-0.3, -0.25) is 9.78 Å². The maximum atomic E-state index is 12.1. The molecule has 1 fully saturated rings. The van der Waals surface area contributed by atoms with E-state index in [2.05, 4.69) is 15.0 Å². The molecule has 0 saturated carbocycles. The number of pyridine rings is 1. The highest BCUT2D eigenvalue weighted by Gasteiger charge is 2.29. The van der Waals surface area contributed by atoms with E-state index in [-0.39, 0.29) is 16.6 Å². The quantitative estimate of drug-likeness (QED) is 0.416. The molecule has 0 unspecified atom stereocenters. The van der Waals surface area contributed by atoms with Gasteiger partial charge in [0, 0.05) is 24.2 Å². The molecular formula is C24H21N3O5S. The van der Waals surface area contributed by atoms with Gasteiger partial charge in [0.1, 0.15) is 23.3 Å². The van der Waals surface area contributed by atoms with Crippen molar-refractivity contribution in [1.29, 1.82) is 0 Å². The number of rotatable bonds is 6. The van der Waals surface area contributed by atoms with Crippen molar-refractivity contribution in [3.8, 4) is 23.0 Å². The van der Waals surface area contributed by atoms with E-state index in [0.29, 0.717) is 41.4 Å². The number of hydrogen-bond acceptors (Lipinski definition) is 7. The number of ether oxygens (including phenoxy) is 2. The lowest BCUT2D eigenvalue weighted by atomic mass is 10.0. The van der Waals surface area contributed by atoms with Gasteiger partial charge in [-0.1, -0.05) is 13.0 Å². The van der Waals surface area contributed by atoms with Crippen molar-refractivity contribution in [2.24, 2.45) is 0 Å². The number of sulfone groups is 1. The number of carbonyl (C=O) groups is 1. The van der Waals surface area contributed by atoms with Crippen LogP contribution in [0, 0.1) is 0 Å². The number of aromatic nitrogens is 3. The van der Waals surface area contributed by atoms with E-state index in [1.165, 1.54) is 12.1 Å². The number of cyclic esters (lactones) is 1. The Hall–Kier alpha value is -3.72. The summed E-state index contributed by atoms with van der Waals surface area (Å²) < 4.78 is 35.8. The van der Waals surface area contributed by atoms with Crippen molar-refractivity contribution >= 4 is 26.8 Å². The molecule has 0 spiro atoms. The van der Waals surface area contributed by atoms with Crippen molar-refractivity contribution < 1.29 is 22.7 Å². The summed E-state index contributed by atoms with van der Waals surface area (Å²) in [6.07, 6.45) is 2.16. The van der Waals surface area contributed by atoms with Crippen molar-refractivity contribution in [2.45, 2.75) is 30.8 Å². The number of carbonyl (C=O) groups excluding carboxylic acids is 1. The Bertz CT molecular complexity index is 1430. The molecule has 33 heavy (non-hydrogen) atoms. The van der Waals surface area contributed by atoms with Crippen LogP contribution in [0.15, 0.2) is 65.7 Å². The van der Waals surface area contributed by atoms with Gasteiger partial charge in [0.2, 0.25) is 0 Å². The Balaban J connectivity index is 1.55. The van der Waals surface area contributed by atoms with Crippen molar-refractivity contribution in [3.05, 3.63) is 66.4 Å². The number of nitrogens with one attached hydrogen (secondary N) is 1. The molecule has 0 radical (unpaired) electrons. The molecule has 0 amide bonds. The van der Waals surface area contributed by atoms with E-state index < -0.39 is 15.9 Å². The first-order chi connectivity index (χ1) is 15.9. The predicted molar refractivity (Wildman–Crippen MR) is 122 cm³/mol. The van der Waals surface area contributed by atoms with Crippen molar-refractivity contribution in [2.75, 3.05) is 5.75 Å². The van der Waals surface area contributed by atoms with Crippen LogP contribution in [0.1, 0.15) is 31.4 Å². The van der Waals surface area contributed by atoms with Gasteiger partial charge >= 0.3 is 5.97 Å². The second-order valence-electron chi connectivity index (χ2n) is 7.70. The lowest BCUT2D eigenvalue weighted by Crippen LogP contribution is -2.03. The Morgan fingerprint density at radius 1 is 1.15 bits per heavy atom. The molecule has 2 aromatic carbocycles. The summed E-state index contributed by atoms with van der Waals surface area (Å²) in [6, 6.07) is 15.5. The lowest BCUT2D eigenvalue weighted by molar-refractivity contribution is -0.141. The number of benzene rings is 2. The largest absolute Gasteiger partial charge is 0.457 e. The zero-order valence-electron chi connectivity index (χ0n) is 17.8. The maximum absolute atomic E-state index is 12.1. The van der Waals surface area contributed by atoms with E-state index in [1.807, 2.05) is 24.3 Å². The molecule has 2 aromatic heterocycles. The second kappa shape index (κ2) is 8.32. The van der Waals surface area contributed by atoms with Gasteiger partial charge in [0.25, 0.3) is 0 Å². The summed E-state index contributed by atoms with van der Waals surface area (Å²) in [6.45, 7) is 1.60. The van der Waals surface area contributed by atoms with Crippen LogP contribution in [0.3, 0.4) is 0 Å². The number of H-pyrrole nitrogens is 1. The number of hydrogen-bond donors (Lipinski definition) is 1. The van der Waals surface area contributed by atoms with Gasteiger partial charge in [-0.05, 0) is 48.9 Å². The topological polar surface area (TPSA) is 111 Å². The molecule has 9 heteroatoms. The van der Waals surface area contributed by atoms with Crippen LogP contribution in [0.25, 0.3) is 22.6 Å².